The molecule has 0 unspecified atom stereocenters. The summed E-state index contributed by atoms with van der Waals surface area (Å²) in [6.45, 7) is 4.31. The highest BCUT2D eigenvalue weighted by Crippen LogP contribution is 2.16. The number of carbonyl (C=O) groups is 1. The molecule has 0 aromatic heterocycles. The molecule has 25 heavy (non-hydrogen) atoms. The molecule has 134 valence electrons. The number of amides is 1. The molecule has 0 radical (unpaired) electrons. The minimum Gasteiger partial charge on any atom is -0.337 e. The van der Waals surface area contributed by atoms with Crippen molar-refractivity contribution in [3.8, 4) is 0 Å². The van der Waals surface area contributed by atoms with Crippen LogP contribution in [0.4, 0.5) is 5.69 Å². The summed E-state index contributed by atoms with van der Waals surface area (Å²) in [7, 11) is -1.64. The van der Waals surface area contributed by atoms with Crippen LogP contribution in [-0.4, -0.2) is 32.0 Å². The highest BCUT2D eigenvalue weighted by Gasteiger charge is 2.15. The highest BCUT2D eigenvalue weighted by molar-refractivity contribution is 7.92. The molecule has 0 aliphatic carbocycles. The van der Waals surface area contributed by atoms with E-state index in [1.54, 1.807) is 43.1 Å². The second kappa shape index (κ2) is 8.16. The summed E-state index contributed by atoms with van der Waals surface area (Å²) in [5.41, 5.74) is 3.07. The highest BCUT2D eigenvalue weighted by atomic mass is 32.2. The fourth-order valence-electron chi connectivity index (χ4n) is 2.55. The molecule has 0 bridgehead atoms. The number of rotatable bonds is 7. The predicted octanol–water partition coefficient (Wildman–Crippen LogP) is 3.42. The first-order valence-corrected chi connectivity index (χ1v) is 9.88. The number of nitrogens with one attached hydrogen (secondary N) is 1. The van der Waals surface area contributed by atoms with Crippen LogP contribution in [0.2, 0.25) is 0 Å². The van der Waals surface area contributed by atoms with Crippen LogP contribution < -0.4 is 4.72 Å². The topological polar surface area (TPSA) is 66.5 Å². The van der Waals surface area contributed by atoms with Crippen LogP contribution in [0.5, 0.6) is 0 Å². The van der Waals surface area contributed by atoms with E-state index in [-0.39, 0.29) is 11.7 Å². The van der Waals surface area contributed by atoms with Crippen molar-refractivity contribution in [3.63, 3.8) is 0 Å². The van der Waals surface area contributed by atoms with Gasteiger partial charge in [0.15, 0.2) is 0 Å². The lowest BCUT2D eigenvalue weighted by atomic mass is 10.1. The first-order chi connectivity index (χ1) is 11.8. The molecule has 0 fully saturated rings. The smallest absolute Gasteiger partial charge is 0.253 e. The summed E-state index contributed by atoms with van der Waals surface area (Å²) < 4.78 is 26.3. The largest absolute Gasteiger partial charge is 0.337 e. The Morgan fingerprint density at radius 2 is 1.84 bits per heavy atom. The first kappa shape index (κ1) is 19.0. The van der Waals surface area contributed by atoms with Crippen LogP contribution in [-0.2, 0) is 16.6 Å². The van der Waals surface area contributed by atoms with Gasteiger partial charge in [0.25, 0.3) is 5.91 Å². The third-order valence-corrected chi connectivity index (χ3v) is 5.36. The Labute approximate surface area is 149 Å². The minimum atomic E-state index is -3.38. The number of sulfonamides is 1. The van der Waals surface area contributed by atoms with Gasteiger partial charge in [-0.15, -0.1) is 0 Å². The first-order valence-electron chi connectivity index (χ1n) is 8.23. The molecule has 2 rings (SSSR count). The van der Waals surface area contributed by atoms with Crippen LogP contribution in [0.3, 0.4) is 0 Å². The molecule has 1 N–H and O–H groups in total. The molecule has 1 amide bonds. The van der Waals surface area contributed by atoms with Gasteiger partial charge in [-0.05, 0) is 42.7 Å². The van der Waals surface area contributed by atoms with Crippen LogP contribution in [0.1, 0.15) is 34.8 Å². The number of hydrogen-bond acceptors (Lipinski definition) is 3. The SMILES string of the molecule is CCCS(=O)(=O)Nc1cccc(C(=O)N(C)Cc2ccccc2C)c1. The zero-order chi connectivity index (χ0) is 18.4. The average Bonchev–Trinajstić information content (AvgIpc) is 2.56. The summed E-state index contributed by atoms with van der Waals surface area (Å²) in [6, 6.07) is 14.5. The number of anilines is 1. The zero-order valence-electron chi connectivity index (χ0n) is 14.8. The van der Waals surface area contributed by atoms with Gasteiger partial charge in [0.2, 0.25) is 10.0 Å². The molecular formula is C19H24N2O3S. The number of carbonyl (C=O) groups excluding carboxylic acids is 1. The van der Waals surface area contributed by atoms with E-state index in [0.29, 0.717) is 24.2 Å². The second-order valence-corrected chi connectivity index (χ2v) is 7.93. The van der Waals surface area contributed by atoms with E-state index in [9.17, 15) is 13.2 Å². The van der Waals surface area contributed by atoms with Crippen molar-refractivity contribution in [2.45, 2.75) is 26.8 Å². The van der Waals surface area contributed by atoms with E-state index in [1.165, 1.54) is 0 Å². The second-order valence-electron chi connectivity index (χ2n) is 6.09. The van der Waals surface area contributed by atoms with Gasteiger partial charge in [0.05, 0.1) is 5.75 Å². The Morgan fingerprint density at radius 1 is 1.12 bits per heavy atom. The zero-order valence-corrected chi connectivity index (χ0v) is 15.6. The summed E-state index contributed by atoms with van der Waals surface area (Å²) in [4.78, 5) is 14.3. The van der Waals surface area contributed by atoms with Crippen LogP contribution in [0.15, 0.2) is 48.5 Å². The van der Waals surface area contributed by atoms with Crippen molar-refractivity contribution < 1.29 is 13.2 Å². The normalized spacial score (nSPS) is 11.2. The van der Waals surface area contributed by atoms with Gasteiger partial charge in [-0.1, -0.05) is 37.3 Å². The maximum atomic E-state index is 12.7. The van der Waals surface area contributed by atoms with Gasteiger partial charge in [-0.2, -0.15) is 0 Å². The number of benzene rings is 2. The molecule has 0 aliphatic rings. The summed E-state index contributed by atoms with van der Waals surface area (Å²) in [5.74, 6) is -0.0990. The Kier molecular flexibility index (Phi) is 6.20. The molecule has 0 saturated carbocycles. The quantitative estimate of drug-likeness (QED) is 0.823. The number of nitrogens with zero attached hydrogens (tertiary/aromatic N) is 1. The minimum absolute atomic E-state index is 0.0539. The Bertz CT molecular complexity index is 847. The van der Waals surface area contributed by atoms with Crippen molar-refractivity contribution in [2.75, 3.05) is 17.5 Å². The predicted molar refractivity (Wildman–Crippen MR) is 101 cm³/mol. The van der Waals surface area contributed by atoms with Crippen molar-refractivity contribution >= 4 is 21.6 Å². The molecule has 0 spiro atoms. The van der Waals surface area contributed by atoms with E-state index < -0.39 is 10.0 Å². The van der Waals surface area contributed by atoms with Crippen LogP contribution in [0.25, 0.3) is 0 Å². The Morgan fingerprint density at radius 3 is 2.52 bits per heavy atom. The van der Waals surface area contributed by atoms with Gasteiger partial charge < -0.3 is 4.90 Å². The van der Waals surface area contributed by atoms with E-state index >= 15 is 0 Å². The van der Waals surface area contributed by atoms with Crippen molar-refractivity contribution in [2.24, 2.45) is 0 Å². The van der Waals surface area contributed by atoms with E-state index in [0.717, 1.165) is 11.1 Å². The van der Waals surface area contributed by atoms with Gasteiger partial charge in [0, 0.05) is 24.8 Å². The van der Waals surface area contributed by atoms with Gasteiger partial charge in [0.1, 0.15) is 0 Å². The molecule has 0 aliphatic heterocycles. The standard InChI is InChI=1S/C19H24N2O3S/c1-4-12-25(23,24)20-18-11-7-10-16(13-18)19(22)21(3)14-17-9-6-5-8-15(17)2/h5-11,13,20H,4,12,14H2,1-3H3. The summed E-state index contributed by atoms with van der Waals surface area (Å²) >= 11 is 0. The molecule has 0 atom stereocenters. The van der Waals surface area contributed by atoms with Gasteiger partial charge >= 0.3 is 0 Å². The third-order valence-electron chi connectivity index (χ3n) is 3.87. The lowest BCUT2D eigenvalue weighted by Crippen LogP contribution is -2.26. The van der Waals surface area contributed by atoms with Crippen LogP contribution in [0, 0.1) is 6.92 Å². The molecule has 2 aromatic rings. The van der Waals surface area contributed by atoms with E-state index in [1.807, 2.05) is 31.2 Å². The maximum absolute atomic E-state index is 12.7. The lowest BCUT2D eigenvalue weighted by molar-refractivity contribution is 0.0785. The Balaban J connectivity index is 2.14. The van der Waals surface area contributed by atoms with Crippen molar-refractivity contribution in [3.05, 3.63) is 65.2 Å². The summed E-state index contributed by atoms with van der Waals surface area (Å²) in [5, 5.41) is 0. The molecule has 6 heteroatoms. The number of aryl methyl sites for hydroxylation is 1. The maximum Gasteiger partial charge on any atom is 0.253 e. The molecular weight excluding hydrogens is 336 g/mol. The molecule has 0 heterocycles. The van der Waals surface area contributed by atoms with E-state index in [4.69, 9.17) is 0 Å². The van der Waals surface area contributed by atoms with Crippen molar-refractivity contribution in [1.29, 1.82) is 0 Å². The molecule has 5 nitrogen and oxygen atoms in total. The number of hydrogen-bond donors (Lipinski definition) is 1. The van der Waals surface area contributed by atoms with Crippen molar-refractivity contribution in [1.82, 2.24) is 4.90 Å². The van der Waals surface area contributed by atoms with Gasteiger partial charge in [-0.25, -0.2) is 8.42 Å². The van der Waals surface area contributed by atoms with Crippen LogP contribution >= 0.6 is 0 Å². The fourth-order valence-corrected chi connectivity index (χ4v) is 3.68. The average molecular weight is 360 g/mol. The molecule has 2 aromatic carbocycles. The summed E-state index contributed by atoms with van der Waals surface area (Å²) in [6.07, 6.45) is 0.535. The Hall–Kier alpha value is -2.34. The monoisotopic (exact) mass is 360 g/mol. The fraction of sp³-hybridized carbons (Fsp3) is 0.316. The lowest BCUT2D eigenvalue weighted by Gasteiger charge is -2.19. The molecule has 0 saturated heterocycles. The third kappa shape index (κ3) is 5.32. The van der Waals surface area contributed by atoms with E-state index in [2.05, 4.69) is 4.72 Å². The van der Waals surface area contributed by atoms with Gasteiger partial charge in [-0.3, -0.25) is 9.52 Å².